The number of ether oxygens (including phenoxy) is 1. The monoisotopic (exact) mass is 606 g/mol. The summed E-state index contributed by atoms with van der Waals surface area (Å²) in [6, 6.07) is 11.3. The zero-order chi connectivity index (χ0) is 29.6. The third kappa shape index (κ3) is 5.31. The molecule has 0 amide bonds. The maximum atomic E-state index is 13.9. The topological polar surface area (TPSA) is 103 Å². The number of hydrogen-bond acceptors (Lipinski definition) is 6. The van der Waals surface area contributed by atoms with E-state index in [1.807, 2.05) is 0 Å². The first-order chi connectivity index (χ1) is 19.4. The molecule has 0 spiro atoms. The van der Waals surface area contributed by atoms with E-state index in [4.69, 9.17) is 16.3 Å². The number of aromatic nitrogens is 3. The first-order valence-corrected chi connectivity index (χ1v) is 14.7. The molecule has 5 rings (SSSR count). The smallest absolute Gasteiger partial charge is 0.416 e. The van der Waals surface area contributed by atoms with Crippen LogP contribution in [0.5, 0.6) is 0 Å². The van der Waals surface area contributed by atoms with Crippen molar-refractivity contribution in [2.45, 2.75) is 55.6 Å². The summed E-state index contributed by atoms with van der Waals surface area (Å²) >= 11 is 6.47. The lowest BCUT2D eigenvalue weighted by molar-refractivity contribution is -0.149. The molecule has 0 bridgehead atoms. The molecule has 0 unspecified atom stereocenters. The SMILES string of the molecule is COC(=O)C1(NS(=O)(=O)c2c(C)nn3c(-c4ccc(C(F)(F)F)cc4)c(-c4ccccc4Cl)cnc23)CCCCC1. The Labute approximate surface area is 239 Å². The molecule has 0 saturated heterocycles. The molecule has 1 aliphatic rings. The van der Waals surface area contributed by atoms with Gasteiger partial charge in [0.15, 0.2) is 5.65 Å². The maximum absolute atomic E-state index is 13.9. The number of aryl methyl sites for hydroxylation is 1. The molecule has 8 nitrogen and oxygen atoms in total. The van der Waals surface area contributed by atoms with Crippen LogP contribution < -0.4 is 4.72 Å². The fourth-order valence-electron chi connectivity index (χ4n) is 5.36. The van der Waals surface area contributed by atoms with Crippen molar-refractivity contribution >= 4 is 33.2 Å². The van der Waals surface area contributed by atoms with Gasteiger partial charge in [0.05, 0.1) is 24.1 Å². The van der Waals surface area contributed by atoms with Gasteiger partial charge in [-0.2, -0.15) is 23.0 Å². The minimum atomic E-state index is -4.54. The number of carbonyl (C=O) groups excluding carboxylic acids is 1. The van der Waals surface area contributed by atoms with Crippen LogP contribution in [0.2, 0.25) is 5.02 Å². The van der Waals surface area contributed by atoms with Crippen LogP contribution >= 0.6 is 11.6 Å². The fourth-order valence-corrected chi connectivity index (χ4v) is 7.31. The van der Waals surface area contributed by atoms with E-state index in [1.54, 1.807) is 24.3 Å². The Hall–Kier alpha value is -3.48. The van der Waals surface area contributed by atoms with Gasteiger partial charge in [-0.3, -0.25) is 4.79 Å². The number of fused-ring (bicyclic) bond motifs is 1. The standard InChI is InChI=1S/C28H26ClF3N4O4S/c1-17-24(41(38,39)35-27(26(37)40-2)14-6-3-7-15-27)25-33-16-21(20-8-4-5-9-22(20)29)23(36(25)34-17)18-10-12-19(13-11-18)28(30,31)32/h4-5,8-13,16,35H,3,6-7,14-15H2,1-2H3. The molecule has 2 aromatic heterocycles. The zero-order valence-electron chi connectivity index (χ0n) is 22.1. The first kappa shape index (κ1) is 29.0. The van der Waals surface area contributed by atoms with Crippen molar-refractivity contribution in [3.63, 3.8) is 0 Å². The number of carbonyl (C=O) groups is 1. The van der Waals surface area contributed by atoms with E-state index in [-0.39, 0.29) is 29.1 Å². The molecule has 41 heavy (non-hydrogen) atoms. The molecule has 0 aliphatic heterocycles. The van der Waals surface area contributed by atoms with Crippen LogP contribution in [0.1, 0.15) is 43.4 Å². The van der Waals surface area contributed by atoms with Gasteiger partial charge in [-0.05, 0) is 38.0 Å². The van der Waals surface area contributed by atoms with Crippen LogP contribution in [0.25, 0.3) is 28.0 Å². The summed E-state index contributed by atoms with van der Waals surface area (Å²) < 4.78 is 76.5. The average molecular weight is 607 g/mol. The lowest BCUT2D eigenvalue weighted by Crippen LogP contribution is -2.56. The van der Waals surface area contributed by atoms with Gasteiger partial charge in [-0.25, -0.2) is 17.9 Å². The van der Waals surface area contributed by atoms with Crippen LogP contribution in [0.3, 0.4) is 0 Å². The Morgan fingerprint density at radius 3 is 2.32 bits per heavy atom. The number of benzene rings is 2. The predicted octanol–water partition coefficient (Wildman–Crippen LogP) is 6.20. The van der Waals surface area contributed by atoms with E-state index in [2.05, 4.69) is 14.8 Å². The molecular weight excluding hydrogens is 581 g/mol. The molecule has 1 N–H and O–H groups in total. The Morgan fingerprint density at radius 2 is 1.71 bits per heavy atom. The summed E-state index contributed by atoms with van der Waals surface area (Å²) in [6.07, 6.45) is -0.428. The van der Waals surface area contributed by atoms with Crippen LogP contribution in [0.15, 0.2) is 59.6 Å². The second kappa shape index (κ2) is 10.7. The zero-order valence-corrected chi connectivity index (χ0v) is 23.7. The van der Waals surface area contributed by atoms with Crippen molar-refractivity contribution in [2.24, 2.45) is 0 Å². The van der Waals surface area contributed by atoms with E-state index in [0.717, 1.165) is 18.6 Å². The lowest BCUT2D eigenvalue weighted by atomic mass is 9.83. The van der Waals surface area contributed by atoms with Crippen molar-refractivity contribution in [1.29, 1.82) is 0 Å². The van der Waals surface area contributed by atoms with Crippen LogP contribution in [-0.2, 0) is 25.7 Å². The number of alkyl halides is 3. The van der Waals surface area contributed by atoms with Crippen molar-refractivity contribution in [2.75, 3.05) is 7.11 Å². The molecule has 2 aromatic carbocycles. The predicted molar refractivity (Wildman–Crippen MR) is 147 cm³/mol. The van der Waals surface area contributed by atoms with E-state index in [9.17, 15) is 26.4 Å². The van der Waals surface area contributed by atoms with Crippen molar-refractivity contribution < 1.29 is 31.1 Å². The number of methoxy groups -OCH3 is 1. The van der Waals surface area contributed by atoms with Crippen molar-refractivity contribution in [3.05, 3.63) is 71.0 Å². The Balaban J connectivity index is 1.73. The third-order valence-electron chi connectivity index (χ3n) is 7.30. The van der Waals surface area contributed by atoms with Gasteiger partial charge in [0.25, 0.3) is 0 Å². The molecule has 4 aromatic rings. The summed E-state index contributed by atoms with van der Waals surface area (Å²) in [5.74, 6) is -0.672. The number of sulfonamides is 1. The van der Waals surface area contributed by atoms with E-state index < -0.39 is 33.3 Å². The van der Waals surface area contributed by atoms with Gasteiger partial charge in [0.1, 0.15) is 10.4 Å². The summed E-state index contributed by atoms with van der Waals surface area (Å²) in [5, 5.41) is 4.84. The maximum Gasteiger partial charge on any atom is 0.416 e. The van der Waals surface area contributed by atoms with E-state index in [1.165, 1.54) is 36.9 Å². The quantitative estimate of drug-likeness (QED) is 0.262. The van der Waals surface area contributed by atoms with Gasteiger partial charge in [-0.15, -0.1) is 0 Å². The van der Waals surface area contributed by atoms with Crippen LogP contribution in [0.4, 0.5) is 13.2 Å². The second-order valence-electron chi connectivity index (χ2n) is 9.97. The summed E-state index contributed by atoms with van der Waals surface area (Å²) in [6.45, 7) is 1.49. The summed E-state index contributed by atoms with van der Waals surface area (Å²) in [5.41, 5.74) is -0.654. The Morgan fingerprint density at radius 1 is 1.05 bits per heavy atom. The summed E-state index contributed by atoms with van der Waals surface area (Å²) in [4.78, 5) is 17.0. The average Bonchev–Trinajstić information content (AvgIpc) is 3.29. The molecule has 1 saturated carbocycles. The van der Waals surface area contributed by atoms with Gasteiger partial charge in [0, 0.05) is 27.9 Å². The number of hydrogen-bond donors (Lipinski definition) is 1. The molecule has 216 valence electrons. The highest BCUT2D eigenvalue weighted by Crippen LogP contribution is 2.39. The Kier molecular flexibility index (Phi) is 7.60. The second-order valence-corrected chi connectivity index (χ2v) is 12.0. The van der Waals surface area contributed by atoms with Crippen LogP contribution in [0, 0.1) is 6.92 Å². The number of nitrogens with one attached hydrogen (secondary N) is 1. The first-order valence-electron chi connectivity index (χ1n) is 12.8. The van der Waals surface area contributed by atoms with Gasteiger partial charge < -0.3 is 4.74 Å². The molecule has 1 aliphatic carbocycles. The molecule has 2 heterocycles. The molecule has 13 heteroatoms. The number of esters is 1. The Bertz CT molecular complexity index is 1730. The summed E-state index contributed by atoms with van der Waals surface area (Å²) in [7, 11) is -3.16. The van der Waals surface area contributed by atoms with Gasteiger partial charge in [0.2, 0.25) is 10.0 Å². The highest BCUT2D eigenvalue weighted by atomic mass is 35.5. The van der Waals surface area contributed by atoms with Crippen molar-refractivity contribution in [3.8, 4) is 22.4 Å². The van der Waals surface area contributed by atoms with E-state index in [0.29, 0.717) is 40.2 Å². The fraction of sp³-hybridized carbons (Fsp3) is 0.321. The number of nitrogens with zero attached hydrogens (tertiary/aromatic N) is 3. The highest BCUT2D eigenvalue weighted by Gasteiger charge is 2.45. The van der Waals surface area contributed by atoms with Crippen molar-refractivity contribution in [1.82, 2.24) is 19.3 Å². The molecule has 0 atom stereocenters. The molecular formula is C28H26ClF3N4O4S. The number of rotatable bonds is 6. The highest BCUT2D eigenvalue weighted by molar-refractivity contribution is 7.89. The minimum absolute atomic E-state index is 0.0588. The normalized spacial score (nSPS) is 15.7. The largest absolute Gasteiger partial charge is 0.468 e. The minimum Gasteiger partial charge on any atom is -0.468 e. The molecule has 0 radical (unpaired) electrons. The van der Waals surface area contributed by atoms with Gasteiger partial charge in [-0.1, -0.05) is 61.2 Å². The van der Waals surface area contributed by atoms with E-state index >= 15 is 0 Å². The third-order valence-corrected chi connectivity index (χ3v) is 9.30. The number of halogens is 4. The van der Waals surface area contributed by atoms with Gasteiger partial charge >= 0.3 is 12.1 Å². The molecule has 1 fully saturated rings. The lowest BCUT2D eigenvalue weighted by Gasteiger charge is -2.34. The van der Waals surface area contributed by atoms with Crippen LogP contribution in [-0.4, -0.2) is 41.6 Å².